The molecule has 1 heterocycles. The number of rotatable bonds is 1. The maximum absolute atomic E-state index is 9.96. The number of carbonyl (C=O) groups excluding carboxylic acids is 1. The van der Waals surface area contributed by atoms with Crippen molar-refractivity contribution in [2.75, 3.05) is 5.73 Å². The molecule has 1 rings (SSSR count). The zero-order valence-corrected chi connectivity index (χ0v) is 8.01. The number of carboxylic acid groups (broad SMARTS) is 1. The Kier molecular flexibility index (Phi) is 3.80. The molecule has 7 heteroatoms. The van der Waals surface area contributed by atoms with Crippen molar-refractivity contribution < 1.29 is 39.5 Å². The Hall–Kier alpha value is -0.170. The molecular weight excluding hydrogens is 165 g/mol. The number of hydrogen-bond acceptors (Lipinski definition) is 6. The summed E-state index contributed by atoms with van der Waals surface area (Å²) in [5, 5.41) is 16.4. The molecule has 0 radical (unpaired) electrons. The van der Waals surface area contributed by atoms with Gasteiger partial charge >= 0.3 is 29.6 Å². The minimum Gasteiger partial charge on any atom is -0.542 e. The van der Waals surface area contributed by atoms with Crippen molar-refractivity contribution in [3.05, 3.63) is 5.01 Å². The predicted octanol–water partition coefficient (Wildman–Crippen LogP) is -4.51. The van der Waals surface area contributed by atoms with Crippen LogP contribution < -0.4 is 40.4 Å². The second kappa shape index (κ2) is 3.87. The fourth-order valence-electron chi connectivity index (χ4n) is 0.317. The van der Waals surface area contributed by atoms with Crippen molar-refractivity contribution in [2.24, 2.45) is 0 Å². The monoisotopic (exact) mass is 167 g/mol. The van der Waals surface area contributed by atoms with Crippen molar-refractivity contribution in [1.29, 1.82) is 0 Å². The molecule has 2 N–H and O–H groups in total. The molecule has 0 saturated carbocycles. The third kappa shape index (κ3) is 2.22. The maximum atomic E-state index is 9.96. The van der Waals surface area contributed by atoms with E-state index >= 15 is 0 Å². The summed E-state index contributed by atoms with van der Waals surface area (Å²) in [6, 6.07) is 0. The summed E-state index contributed by atoms with van der Waals surface area (Å²) >= 11 is 0.789. The maximum Gasteiger partial charge on any atom is 1.00 e. The Bertz CT molecular complexity index is 237. The molecule has 0 amide bonds. The quantitative estimate of drug-likeness (QED) is 0.425. The van der Waals surface area contributed by atoms with Crippen molar-refractivity contribution in [1.82, 2.24) is 10.2 Å². The Balaban J connectivity index is 0.000000810. The molecule has 0 aromatic carbocycles. The summed E-state index contributed by atoms with van der Waals surface area (Å²) in [5.41, 5.74) is 5.07. The van der Waals surface area contributed by atoms with Crippen LogP contribution in [0.1, 0.15) is 9.80 Å². The molecule has 0 unspecified atom stereocenters. The Morgan fingerprint density at radius 1 is 1.60 bits per heavy atom. The zero-order chi connectivity index (χ0) is 6.85. The molecule has 1 aromatic heterocycles. The van der Waals surface area contributed by atoms with E-state index in [1.165, 1.54) is 0 Å². The summed E-state index contributed by atoms with van der Waals surface area (Å²) in [7, 11) is 0. The topological polar surface area (TPSA) is 91.9 Å². The number of aromatic nitrogens is 2. The van der Waals surface area contributed by atoms with E-state index < -0.39 is 5.97 Å². The van der Waals surface area contributed by atoms with Crippen molar-refractivity contribution in [2.45, 2.75) is 0 Å². The number of carbonyl (C=O) groups is 1. The van der Waals surface area contributed by atoms with Gasteiger partial charge in [0.15, 0.2) is 5.01 Å². The molecule has 0 saturated heterocycles. The fourth-order valence-corrected chi connectivity index (χ4v) is 0.762. The molecule has 0 aliphatic carbocycles. The van der Waals surface area contributed by atoms with Gasteiger partial charge < -0.3 is 15.6 Å². The van der Waals surface area contributed by atoms with Gasteiger partial charge in [-0.25, -0.2) is 0 Å². The van der Waals surface area contributed by atoms with Gasteiger partial charge in [0, 0.05) is 0 Å². The first kappa shape index (κ1) is 9.83. The van der Waals surface area contributed by atoms with E-state index in [1.54, 1.807) is 0 Å². The summed E-state index contributed by atoms with van der Waals surface area (Å²) in [5.74, 6) is -1.34. The first-order valence-electron chi connectivity index (χ1n) is 2.00. The standard InChI is InChI=1S/C3H3N3O2S.Na/c4-3-6-5-1(9-3)2(7)8;/h(H2,4,6)(H,7,8);/q;+1/p-1. The smallest absolute Gasteiger partial charge is 0.542 e. The Labute approximate surface area is 82.6 Å². The van der Waals surface area contributed by atoms with Gasteiger partial charge in [-0.05, 0) is 0 Å². The fraction of sp³-hybridized carbons (Fsp3) is 0. The molecule has 48 valence electrons. The van der Waals surface area contributed by atoms with Gasteiger partial charge in [0.1, 0.15) is 5.97 Å². The van der Waals surface area contributed by atoms with Gasteiger partial charge in [0.2, 0.25) is 5.13 Å². The normalized spacial score (nSPS) is 8.40. The molecule has 5 nitrogen and oxygen atoms in total. The summed E-state index contributed by atoms with van der Waals surface area (Å²) in [4.78, 5) is 9.96. The molecule has 0 atom stereocenters. The number of anilines is 1. The summed E-state index contributed by atoms with van der Waals surface area (Å²) in [6.45, 7) is 0. The number of nitrogen functional groups attached to an aromatic ring is 1. The number of nitrogens with two attached hydrogens (primary N) is 1. The average Bonchev–Trinajstić information content (AvgIpc) is 2.14. The second-order valence-corrected chi connectivity index (χ2v) is 2.24. The molecule has 0 aliphatic rings. The molecule has 1 aromatic rings. The van der Waals surface area contributed by atoms with Crippen LogP contribution in [0.5, 0.6) is 0 Å². The van der Waals surface area contributed by atoms with E-state index in [-0.39, 0.29) is 39.7 Å². The van der Waals surface area contributed by atoms with Gasteiger partial charge in [-0.15, -0.1) is 10.2 Å². The molecule has 0 spiro atoms. The number of hydrogen-bond donors (Lipinski definition) is 1. The Morgan fingerprint density at radius 3 is 2.40 bits per heavy atom. The van der Waals surface area contributed by atoms with Crippen molar-refractivity contribution >= 4 is 22.4 Å². The van der Waals surface area contributed by atoms with Crippen LogP contribution in [0.4, 0.5) is 5.13 Å². The molecule has 0 bridgehead atoms. The minimum atomic E-state index is -1.34. The average molecular weight is 167 g/mol. The van der Waals surface area contributed by atoms with Crippen LogP contribution in [0.15, 0.2) is 0 Å². The van der Waals surface area contributed by atoms with E-state index in [4.69, 9.17) is 5.73 Å². The van der Waals surface area contributed by atoms with Gasteiger partial charge in [-0.3, -0.25) is 0 Å². The minimum absolute atomic E-state index is 0. The summed E-state index contributed by atoms with van der Waals surface area (Å²) in [6.07, 6.45) is 0. The van der Waals surface area contributed by atoms with Crippen LogP contribution >= 0.6 is 11.3 Å². The SMILES string of the molecule is Nc1nnc(C(=O)[O-])s1.[Na+]. The van der Waals surface area contributed by atoms with Crippen molar-refractivity contribution in [3.8, 4) is 0 Å². The first-order valence-corrected chi connectivity index (χ1v) is 2.82. The third-order valence-electron chi connectivity index (χ3n) is 0.615. The third-order valence-corrected chi connectivity index (χ3v) is 1.35. The molecule has 0 fully saturated rings. The molecular formula is C3H2N3NaO2S. The van der Waals surface area contributed by atoms with Crippen LogP contribution in [-0.2, 0) is 0 Å². The number of carboxylic acids is 1. The van der Waals surface area contributed by atoms with Crippen LogP contribution in [0.3, 0.4) is 0 Å². The largest absolute Gasteiger partial charge is 1.00 e. The van der Waals surface area contributed by atoms with Crippen LogP contribution in [0, 0.1) is 0 Å². The van der Waals surface area contributed by atoms with E-state index in [1.807, 2.05) is 0 Å². The van der Waals surface area contributed by atoms with E-state index in [0.717, 1.165) is 11.3 Å². The first-order chi connectivity index (χ1) is 4.20. The van der Waals surface area contributed by atoms with E-state index in [0.29, 0.717) is 0 Å². The second-order valence-electron chi connectivity index (χ2n) is 1.23. The predicted molar refractivity (Wildman–Crippen MR) is 28.7 cm³/mol. The van der Waals surface area contributed by atoms with Crippen molar-refractivity contribution in [3.63, 3.8) is 0 Å². The van der Waals surface area contributed by atoms with Gasteiger partial charge in [-0.2, -0.15) is 0 Å². The molecule has 0 aliphatic heterocycles. The van der Waals surface area contributed by atoms with Crippen LogP contribution in [-0.4, -0.2) is 16.2 Å². The van der Waals surface area contributed by atoms with Gasteiger partial charge in [0.05, 0.1) is 0 Å². The summed E-state index contributed by atoms with van der Waals surface area (Å²) < 4.78 is 0. The number of aromatic carboxylic acids is 1. The Morgan fingerprint density at radius 2 is 2.20 bits per heavy atom. The van der Waals surface area contributed by atoms with Crippen LogP contribution in [0.25, 0.3) is 0 Å². The van der Waals surface area contributed by atoms with Gasteiger partial charge in [-0.1, -0.05) is 11.3 Å². The van der Waals surface area contributed by atoms with Crippen LogP contribution in [0.2, 0.25) is 0 Å². The number of nitrogens with zero attached hydrogens (tertiary/aromatic N) is 2. The van der Waals surface area contributed by atoms with E-state index in [2.05, 4.69) is 10.2 Å². The zero-order valence-electron chi connectivity index (χ0n) is 5.20. The van der Waals surface area contributed by atoms with E-state index in [9.17, 15) is 9.90 Å². The van der Waals surface area contributed by atoms with Gasteiger partial charge in [0.25, 0.3) is 0 Å². The molecule has 10 heavy (non-hydrogen) atoms.